The third kappa shape index (κ3) is 5.50. The maximum atomic E-state index is 13.0. The number of aryl methyl sites for hydroxylation is 2. The fraction of sp³-hybridized carbons (Fsp3) is 0.185. The van der Waals surface area contributed by atoms with Crippen LogP contribution in [-0.4, -0.2) is 25.1 Å². The Morgan fingerprint density at radius 3 is 2.34 bits per heavy atom. The first-order valence-corrected chi connectivity index (χ1v) is 12.7. The van der Waals surface area contributed by atoms with Gasteiger partial charge in [-0.05, 0) is 37.6 Å². The molecule has 0 aliphatic rings. The molecule has 1 amide bonds. The predicted molar refractivity (Wildman–Crippen MR) is 139 cm³/mol. The summed E-state index contributed by atoms with van der Waals surface area (Å²) < 4.78 is 30.7. The van der Waals surface area contributed by atoms with Crippen molar-refractivity contribution < 1.29 is 13.2 Å². The van der Waals surface area contributed by atoms with Crippen LogP contribution in [0.3, 0.4) is 0 Å². The number of nitrogens with zero attached hydrogens (tertiary/aromatic N) is 2. The van der Waals surface area contributed by atoms with Crippen molar-refractivity contribution in [2.45, 2.75) is 31.2 Å². The standard InChI is InChI=1S/C27H28N4O3S/c1-19-13-15-22(16-14-19)35(33,34)30-25(21-9-5-4-6-10-21)17-27(32)29-28-18-24-20(2)31(3)26-12-8-7-11-23(24)26/h4-16,18,25,30H,17H2,1-3H3,(H,29,32)/b28-18-/t25-/m1/s1. The van der Waals surface area contributed by atoms with Gasteiger partial charge in [0.05, 0.1) is 17.2 Å². The molecule has 1 aromatic heterocycles. The molecule has 35 heavy (non-hydrogen) atoms. The second-order valence-corrected chi connectivity index (χ2v) is 10.2. The molecule has 0 fully saturated rings. The largest absolute Gasteiger partial charge is 0.347 e. The maximum Gasteiger partial charge on any atom is 0.242 e. The Morgan fingerprint density at radius 2 is 1.63 bits per heavy atom. The van der Waals surface area contributed by atoms with Crippen LogP contribution in [0.15, 0.2) is 88.9 Å². The summed E-state index contributed by atoms with van der Waals surface area (Å²) in [4.78, 5) is 12.9. The van der Waals surface area contributed by atoms with Crippen molar-refractivity contribution in [3.63, 3.8) is 0 Å². The van der Waals surface area contributed by atoms with Gasteiger partial charge in [-0.15, -0.1) is 0 Å². The number of amides is 1. The van der Waals surface area contributed by atoms with Crippen molar-refractivity contribution in [1.82, 2.24) is 14.7 Å². The van der Waals surface area contributed by atoms with E-state index in [4.69, 9.17) is 0 Å². The molecule has 3 aromatic carbocycles. The summed E-state index contributed by atoms with van der Waals surface area (Å²) in [5.41, 5.74) is 7.22. The number of rotatable bonds is 8. The molecule has 0 bridgehead atoms. The van der Waals surface area contributed by atoms with Crippen LogP contribution in [0.4, 0.5) is 0 Å². The van der Waals surface area contributed by atoms with Gasteiger partial charge in [0.25, 0.3) is 0 Å². The second-order valence-electron chi connectivity index (χ2n) is 8.47. The van der Waals surface area contributed by atoms with Gasteiger partial charge in [0.1, 0.15) is 0 Å². The molecule has 0 spiro atoms. The lowest BCUT2D eigenvalue weighted by molar-refractivity contribution is -0.121. The molecule has 0 aliphatic heterocycles. The van der Waals surface area contributed by atoms with Crippen LogP contribution in [0.5, 0.6) is 0 Å². The van der Waals surface area contributed by atoms with Crippen LogP contribution in [-0.2, 0) is 21.9 Å². The number of aromatic nitrogens is 1. The van der Waals surface area contributed by atoms with Crippen LogP contribution >= 0.6 is 0 Å². The third-order valence-electron chi connectivity index (χ3n) is 6.05. The number of para-hydroxylation sites is 1. The zero-order valence-electron chi connectivity index (χ0n) is 19.9. The van der Waals surface area contributed by atoms with Gasteiger partial charge in [-0.2, -0.15) is 5.10 Å². The molecule has 1 atom stereocenters. The number of fused-ring (bicyclic) bond motifs is 1. The van der Waals surface area contributed by atoms with Gasteiger partial charge in [-0.1, -0.05) is 66.2 Å². The summed E-state index contributed by atoms with van der Waals surface area (Å²) in [6, 6.07) is 22.8. The maximum absolute atomic E-state index is 13.0. The van der Waals surface area contributed by atoms with Crippen molar-refractivity contribution in [1.29, 1.82) is 0 Å². The lowest BCUT2D eigenvalue weighted by Gasteiger charge is -2.18. The smallest absolute Gasteiger partial charge is 0.242 e. The van der Waals surface area contributed by atoms with E-state index in [9.17, 15) is 13.2 Å². The molecule has 0 unspecified atom stereocenters. The summed E-state index contributed by atoms with van der Waals surface area (Å²) >= 11 is 0. The summed E-state index contributed by atoms with van der Waals surface area (Å²) in [5.74, 6) is -0.403. The van der Waals surface area contributed by atoms with Gasteiger partial charge in [-0.3, -0.25) is 4.79 Å². The van der Waals surface area contributed by atoms with Crippen LogP contribution < -0.4 is 10.1 Å². The number of sulfonamides is 1. The molecule has 2 N–H and O–H groups in total. The minimum absolute atomic E-state index is 0.110. The lowest BCUT2D eigenvalue weighted by Crippen LogP contribution is -2.32. The molecule has 1 heterocycles. The molecule has 8 heteroatoms. The number of carbonyl (C=O) groups is 1. The van der Waals surface area contributed by atoms with E-state index in [1.54, 1.807) is 42.6 Å². The van der Waals surface area contributed by atoms with E-state index in [1.165, 1.54) is 0 Å². The van der Waals surface area contributed by atoms with E-state index in [2.05, 4.69) is 19.8 Å². The molecule has 180 valence electrons. The van der Waals surface area contributed by atoms with E-state index in [0.717, 1.165) is 27.7 Å². The van der Waals surface area contributed by atoms with Crippen molar-refractivity contribution in [3.05, 3.63) is 101 Å². The average Bonchev–Trinajstić information content (AvgIpc) is 3.09. The monoisotopic (exact) mass is 488 g/mol. The zero-order valence-corrected chi connectivity index (χ0v) is 20.7. The summed E-state index contributed by atoms with van der Waals surface area (Å²) in [6.45, 7) is 3.88. The average molecular weight is 489 g/mol. The van der Waals surface area contributed by atoms with E-state index in [1.807, 2.05) is 63.4 Å². The minimum atomic E-state index is -3.83. The summed E-state index contributed by atoms with van der Waals surface area (Å²) in [6.07, 6.45) is 1.52. The molecular formula is C27H28N4O3S. The molecule has 7 nitrogen and oxygen atoms in total. The Labute approximate surface area is 205 Å². The molecule has 0 aliphatic carbocycles. The number of hydrazone groups is 1. The molecule has 4 aromatic rings. The SMILES string of the molecule is Cc1ccc(S(=O)(=O)N[C@H](CC(=O)N/N=C\c2c(C)n(C)c3ccccc23)c2ccccc2)cc1. The number of hydrogen-bond donors (Lipinski definition) is 2. The molecular weight excluding hydrogens is 460 g/mol. The topological polar surface area (TPSA) is 92.6 Å². The Morgan fingerprint density at radius 1 is 0.971 bits per heavy atom. The van der Waals surface area contributed by atoms with Crippen LogP contribution in [0.25, 0.3) is 10.9 Å². The molecule has 0 saturated heterocycles. The van der Waals surface area contributed by atoms with Crippen molar-refractivity contribution in [3.8, 4) is 0 Å². The van der Waals surface area contributed by atoms with Gasteiger partial charge in [0.15, 0.2) is 0 Å². The highest BCUT2D eigenvalue weighted by molar-refractivity contribution is 7.89. The zero-order chi connectivity index (χ0) is 25.0. The first-order chi connectivity index (χ1) is 16.8. The molecule has 4 rings (SSSR count). The minimum Gasteiger partial charge on any atom is -0.347 e. The fourth-order valence-electron chi connectivity index (χ4n) is 4.00. The van der Waals surface area contributed by atoms with Gasteiger partial charge >= 0.3 is 0 Å². The normalized spacial score (nSPS) is 12.8. The molecule has 0 radical (unpaired) electrons. The van der Waals surface area contributed by atoms with Crippen molar-refractivity contribution in [2.75, 3.05) is 0 Å². The lowest BCUT2D eigenvalue weighted by atomic mass is 10.0. The first-order valence-electron chi connectivity index (χ1n) is 11.3. The summed E-state index contributed by atoms with van der Waals surface area (Å²) in [7, 11) is -1.85. The third-order valence-corrected chi connectivity index (χ3v) is 7.54. The van der Waals surface area contributed by atoms with E-state index >= 15 is 0 Å². The van der Waals surface area contributed by atoms with Crippen molar-refractivity contribution in [2.24, 2.45) is 12.1 Å². The number of carbonyl (C=O) groups excluding carboxylic acids is 1. The Balaban J connectivity index is 1.51. The highest BCUT2D eigenvalue weighted by atomic mass is 32.2. The van der Waals surface area contributed by atoms with Gasteiger partial charge < -0.3 is 4.57 Å². The highest BCUT2D eigenvalue weighted by Gasteiger charge is 2.23. The first kappa shape index (κ1) is 24.4. The van der Waals surface area contributed by atoms with E-state index in [0.29, 0.717) is 5.56 Å². The Kier molecular flexibility index (Phi) is 7.14. The van der Waals surface area contributed by atoms with E-state index in [-0.39, 0.29) is 11.3 Å². The van der Waals surface area contributed by atoms with Crippen LogP contribution in [0.2, 0.25) is 0 Å². The quantitative estimate of drug-likeness (QED) is 0.285. The highest BCUT2D eigenvalue weighted by Crippen LogP contribution is 2.23. The number of benzene rings is 3. The van der Waals surface area contributed by atoms with Crippen LogP contribution in [0.1, 0.15) is 34.8 Å². The number of nitrogens with one attached hydrogen (secondary N) is 2. The Hall–Kier alpha value is -3.75. The van der Waals surface area contributed by atoms with E-state index < -0.39 is 22.0 Å². The fourth-order valence-corrected chi connectivity index (χ4v) is 5.22. The number of hydrogen-bond acceptors (Lipinski definition) is 4. The van der Waals surface area contributed by atoms with Crippen LogP contribution in [0, 0.1) is 13.8 Å². The second kappa shape index (κ2) is 10.2. The van der Waals surface area contributed by atoms with Gasteiger partial charge in [-0.25, -0.2) is 18.6 Å². The summed E-state index contributed by atoms with van der Waals surface area (Å²) in [5, 5.41) is 5.20. The van der Waals surface area contributed by atoms with Gasteiger partial charge in [0.2, 0.25) is 15.9 Å². The molecule has 0 saturated carbocycles. The predicted octanol–water partition coefficient (Wildman–Crippen LogP) is 4.36. The van der Waals surface area contributed by atoms with Gasteiger partial charge in [0, 0.05) is 35.6 Å². The van der Waals surface area contributed by atoms with Crippen molar-refractivity contribution >= 4 is 33.0 Å². The Bertz CT molecular complexity index is 1470.